The molecule has 0 radical (unpaired) electrons. The van der Waals surface area contributed by atoms with Crippen LogP contribution in [-0.2, 0) is 11.0 Å². The Morgan fingerprint density at radius 2 is 2.07 bits per heavy atom. The van der Waals surface area contributed by atoms with E-state index >= 15 is 0 Å². The van der Waals surface area contributed by atoms with E-state index in [-0.39, 0.29) is 27.8 Å². The minimum Gasteiger partial charge on any atom is -0.352 e. The van der Waals surface area contributed by atoms with Gasteiger partial charge in [-0.1, -0.05) is 29.8 Å². The average molecular weight is 447 g/mol. The predicted molar refractivity (Wildman–Crippen MR) is 105 cm³/mol. The molecular weight excluding hydrogens is 425 g/mol. The van der Waals surface area contributed by atoms with Gasteiger partial charge in [0.25, 0.3) is 0 Å². The van der Waals surface area contributed by atoms with Gasteiger partial charge in [-0.15, -0.1) is 10.2 Å². The van der Waals surface area contributed by atoms with Crippen LogP contribution in [0.2, 0.25) is 5.02 Å². The van der Waals surface area contributed by atoms with Crippen LogP contribution in [0.3, 0.4) is 0 Å². The molecule has 0 saturated heterocycles. The minimum atomic E-state index is -4.54. The predicted octanol–water partition coefficient (Wildman–Crippen LogP) is 4.82. The van der Waals surface area contributed by atoms with Crippen molar-refractivity contribution in [3.63, 3.8) is 0 Å². The number of fused-ring (bicyclic) bond motifs is 3. The summed E-state index contributed by atoms with van der Waals surface area (Å²) in [6.07, 6.45) is 1.35. The van der Waals surface area contributed by atoms with Crippen LogP contribution in [0.25, 0.3) is 5.65 Å². The van der Waals surface area contributed by atoms with Crippen LogP contribution in [0.15, 0.2) is 17.4 Å². The highest BCUT2D eigenvalue weighted by molar-refractivity contribution is 8.00. The standard InChI is InChI=1S/C19H22ClF3N4OS/c1-9(14-6-11-3-4-12(14)5-11)24-17(28)10(2)29-18-26-25-16-15(20)7-13(8-27(16)18)19(21,22)23/h7-12,14H,3-6H2,1-2H3,(H,24,28). The van der Waals surface area contributed by atoms with Crippen molar-refractivity contribution in [2.75, 3.05) is 0 Å². The van der Waals surface area contributed by atoms with Crippen LogP contribution in [0, 0.1) is 17.8 Å². The second-order valence-electron chi connectivity index (χ2n) is 8.15. The average Bonchev–Trinajstić information content (AvgIpc) is 3.36. The van der Waals surface area contributed by atoms with Crippen LogP contribution in [-0.4, -0.2) is 31.8 Å². The van der Waals surface area contributed by atoms with Crippen molar-refractivity contribution in [3.05, 3.63) is 22.8 Å². The van der Waals surface area contributed by atoms with Crippen molar-refractivity contribution < 1.29 is 18.0 Å². The second-order valence-corrected chi connectivity index (χ2v) is 9.86. The quantitative estimate of drug-likeness (QED) is 0.669. The van der Waals surface area contributed by atoms with Gasteiger partial charge in [0.2, 0.25) is 5.91 Å². The van der Waals surface area contributed by atoms with Crippen LogP contribution < -0.4 is 5.32 Å². The van der Waals surface area contributed by atoms with Crippen molar-refractivity contribution in [1.29, 1.82) is 0 Å². The van der Waals surface area contributed by atoms with Gasteiger partial charge < -0.3 is 5.32 Å². The molecular formula is C19H22ClF3N4OS. The Morgan fingerprint density at radius 1 is 1.31 bits per heavy atom. The van der Waals surface area contributed by atoms with Gasteiger partial charge in [-0.05, 0) is 56.9 Å². The van der Waals surface area contributed by atoms with E-state index in [0.29, 0.717) is 11.8 Å². The lowest BCUT2D eigenvalue weighted by Gasteiger charge is -2.29. The molecule has 1 amide bonds. The lowest BCUT2D eigenvalue weighted by atomic mass is 9.84. The van der Waals surface area contributed by atoms with E-state index in [1.54, 1.807) is 6.92 Å². The molecule has 0 aliphatic heterocycles. The molecule has 5 nitrogen and oxygen atoms in total. The Bertz CT molecular complexity index is 934. The number of hydrogen-bond acceptors (Lipinski definition) is 4. The molecule has 158 valence electrons. The molecule has 2 aliphatic rings. The van der Waals surface area contributed by atoms with Crippen LogP contribution in [0.4, 0.5) is 13.2 Å². The van der Waals surface area contributed by atoms with Crippen LogP contribution >= 0.6 is 23.4 Å². The van der Waals surface area contributed by atoms with Gasteiger partial charge in [-0.2, -0.15) is 13.2 Å². The molecule has 5 unspecified atom stereocenters. The molecule has 2 heterocycles. The summed E-state index contributed by atoms with van der Waals surface area (Å²) in [6, 6.07) is 0.912. The summed E-state index contributed by atoms with van der Waals surface area (Å²) in [4.78, 5) is 12.7. The largest absolute Gasteiger partial charge is 0.417 e. The molecule has 1 N–H and O–H groups in total. The van der Waals surface area contributed by atoms with E-state index in [1.807, 2.05) is 6.92 Å². The van der Waals surface area contributed by atoms with Gasteiger partial charge in [0, 0.05) is 12.2 Å². The molecule has 2 aliphatic carbocycles. The maximum atomic E-state index is 13.1. The zero-order valence-corrected chi connectivity index (χ0v) is 17.6. The van der Waals surface area contributed by atoms with Crippen LogP contribution in [0.5, 0.6) is 0 Å². The molecule has 10 heteroatoms. The van der Waals surface area contributed by atoms with Crippen molar-refractivity contribution in [2.24, 2.45) is 17.8 Å². The number of halogens is 4. The number of nitrogens with zero attached hydrogens (tertiary/aromatic N) is 3. The highest BCUT2D eigenvalue weighted by Crippen LogP contribution is 2.49. The van der Waals surface area contributed by atoms with Crippen molar-refractivity contribution in [3.8, 4) is 0 Å². The first kappa shape index (κ1) is 20.8. The molecule has 2 aromatic heterocycles. The van der Waals surface area contributed by atoms with E-state index < -0.39 is 17.0 Å². The minimum absolute atomic E-state index is 0.0854. The van der Waals surface area contributed by atoms with E-state index in [1.165, 1.54) is 30.1 Å². The molecule has 2 saturated carbocycles. The number of hydrogen-bond donors (Lipinski definition) is 1. The first-order valence-corrected chi connectivity index (χ1v) is 11.0. The van der Waals surface area contributed by atoms with Gasteiger partial charge in [0.1, 0.15) is 0 Å². The monoisotopic (exact) mass is 446 g/mol. The Hall–Kier alpha value is -1.48. The zero-order chi connectivity index (χ0) is 20.9. The summed E-state index contributed by atoms with van der Waals surface area (Å²) >= 11 is 7.01. The van der Waals surface area contributed by atoms with Gasteiger partial charge in [-0.25, -0.2) is 0 Å². The summed E-state index contributed by atoms with van der Waals surface area (Å²) in [5.74, 6) is 1.85. The topological polar surface area (TPSA) is 59.3 Å². The molecule has 2 bridgehead atoms. The third-order valence-electron chi connectivity index (χ3n) is 6.21. The maximum absolute atomic E-state index is 13.1. The lowest BCUT2D eigenvalue weighted by molar-refractivity contribution is -0.137. The third kappa shape index (κ3) is 4.08. The maximum Gasteiger partial charge on any atom is 0.417 e. The van der Waals surface area contributed by atoms with E-state index in [9.17, 15) is 18.0 Å². The van der Waals surface area contributed by atoms with E-state index in [2.05, 4.69) is 15.5 Å². The third-order valence-corrected chi connectivity index (χ3v) is 7.55. The van der Waals surface area contributed by atoms with Gasteiger partial charge in [0.15, 0.2) is 10.8 Å². The Morgan fingerprint density at radius 3 is 2.69 bits per heavy atom. The van der Waals surface area contributed by atoms with E-state index in [4.69, 9.17) is 11.6 Å². The molecule has 2 aromatic rings. The zero-order valence-electron chi connectivity index (χ0n) is 16.0. The number of carbonyl (C=O) groups excluding carboxylic acids is 1. The normalized spacial score (nSPS) is 26.1. The SMILES string of the molecule is CC(Sc1nnc2c(Cl)cc(C(F)(F)F)cn12)C(=O)NC(C)C1CC2CCC1C2. The number of pyridine rings is 1. The second kappa shape index (κ2) is 7.65. The number of nitrogens with one attached hydrogen (secondary N) is 1. The summed E-state index contributed by atoms with van der Waals surface area (Å²) in [6.45, 7) is 3.76. The first-order valence-electron chi connectivity index (χ1n) is 9.72. The number of amides is 1. The van der Waals surface area contributed by atoms with Gasteiger partial charge >= 0.3 is 6.18 Å². The Kier molecular flexibility index (Phi) is 5.48. The number of alkyl halides is 3. The van der Waals surface area contributed by atoms with Crippen molar-refractivity contribution >= 4 is 34.9 Å². The van der Waals surface area contributed by atoms with Crippen molar-refractivity contribution in [2.45, 2.75) is 62.2 Å². The van der Waals surface area contributed by atoms with Gasteiger partial charge in [-0.3, -0.25) is 9.20 Å². The smallest absolute Gasteiger partial charge is 0.352 e. The van der Waals surface area contributed by atoms with Gasteiger partial charge in [0.05, 0.1) is 15.8 Å². The summed E-state index contributed by atoms with van der Waals surface area (Å²) in [5.41, 5.74) is -0.760. The fourth-order valence-corrected chi connectivity index (χ4v) is 5.81. The highest BCUT2D eigenvalue weighted by Gasteiger charge is 2.42. The Labute approximate surface area is 175 Å². The van der Waals surface area contributed by atoms with E-state index in [0.717, 1.165) is 29.9 Å². The highest BCUT2D eigenvalue weighted by atomic mass is 35.5. The fraction of sp³-hybridized carbons (Fsp3) is 0.632. The van der Waals surface area contributed by atoms with Crippen molar-refractivity contribution in [1.82, 2.24) is 19.9 Å². The Balaban J connectivity index is 1.46. The number of carbonyl (C=O) groups is 1. The summed E-state index contributed by atoms with van der Waals surface area (Å²) < 4.78 is 40.5. The molecule has 29 heavy (non-hydrogen) atoms. The number of aromatic nitrogens is 3. The molecule has 4 rings (SSSR count). The summed E-state index contributed by atoms with van der Waals surface area (Å²) in [5, 5.41) is 10.4. The number of rotatable bonds is 5. The first-order chi connectivity index (χ1) is 13.6. The molecule has 0 aromatic carbocycles. The number of thioether (sulfide) groups is 1. The molecule has 5 atom stereocenters. The lowest BCUT2D eigenvalue weighted by Crippen LogP contribution is -2.43. The van der Waals surface area contributed by atoms with Crippen LogP contribution in [0.1, 0.15) is 45.1 Å². The molecule has 2 fully saturated rings. The fourth-order valence-electron chi connectivity index (χ4n) is 4.74. The summed E-state index contributed by atoms with van der Waals surface area (Å²) in [7, 11) is 0. The molecule has 0 spiro atoms.